The molecule has 3 unspecified atom stereocenters. The molecule has 1 aromatic rings. The number of benzene rings is 1. The standard InChI is InChI=1S/C15H20O7/c1-21-14(19)5-8-2-3-10(17)9(4-8)12-6-11(18)15(20)13(7-16)22-12/h2-4,11-13,15-18,20H,5-7H2,1H3/t11-,12?,13?,15?/m1/s1. The quantitative estimate of drug-likeness (QED) is 0.562. The van der Waals surface area contributed by atoms with Crippen LogP contribution in [0, 0.1) is 0 Å². The molecule has 0 aliphatic carbocycles. The molecule has 4 N–H and O–H groups in total. The number of rotatable bonds is 4. The Morgan fingerprint density at radius 2 is 2.14 bits per heavy atom. The van der Waals surface area contributed by atoms with E-state index in [1.807, 2.05) is 0 Å². The van der Waals surface area contributed by atoms with E-state index in [1.54, 1.807) is 12.1 Å². The highest BCUT2D eigenvalue weighted by molar-refractivity contribution is 5.72. The number of carbonyl (C=O) groups excluding carboxylic acids is 1. The second-order valence-electron chi connectivity index (χ2n) is 5.29. The van der Waals surface area contributed by atoms with E-state index in [1.165, 1.54) is 13.2 Å². The number of aliphatic hydroxyl groups is 3. The molecule has 0 bridgehead atoms. The molecule has 0 saturated carbocycles. The van der Waals surface area contributed by atoms with Gasteiger partial charge in [0.2, 0.25) is 0 Å². The topological polar surface area (TPSA) is 116 Å². The van der Waals surface area contributed by atoms with Crippen molar-refractivity contribution >= 4 is 5.97 Å². The van der Waals surface area contributed by atoms with Gasteiger partial charge in [0.15, 0.2) is 0 Å². The Morgan fingerprint density at radius 1 is 1.41 bits per heavy atom. The third-order valence-corrected chi connectivity index (χ3v) is 3.76. The lowest BCUT2D eigenvalue weighted by Gasteiger charge is -2.36. The summed E-state index contributed by atoms with van der Waals surface area (Å²) < 4.78 is 10.1. The number of phenols is 1. The van der Waals surface area contributed by atoms with Crippen LogP contribution < -0.4 is 0 Å². The van der Waals surface area contributed by atoms with Crippen LogP contribution in [0.15, 0.2) is 18.2 Å². The van der Waals surface area contributed by atoms with Crippen molar-refractivity contribution in [1.29, 1.82) is 0 Å². The van der Waals surface area contributed by atoms with E-state index in [-0.39, 0.29) is 18.6 Å². The van der Waals surface area contributed by atoms with Gasteiger partial charge in [0, 0.05) is 12.0 Å². The first kappa shape index (κ1) is 16.7. The zero-order valence-electron chi connectivity index (χ0n) is 12.2. The number of esters is 1. The van der Waals surface area contributed by atoms with Crippen molar-refractivity contribution in [1.82, 2.24) is 0 Å². The molecule has 0 amide bonds. The minimum atomic E-state index is -1.18. The summed E-state index contributed by atoms with van der Waals surface area (Å²) in [4.78, 5) is 11.3. The van der Waals surface area contributed by atoms with Crippen LogP contribution in [0.1, 0.15) is 23.7 Å². The lowest BCUT2D eigenvalue weighted by atomic mass is 9.92. The van der Waals surface area contributed by atoms with Crippen LogP contribution >= 0.6 is 0 Å². The van der Waals surface area contributed by atoms with E-state index in [2.05, 4.69) is 4.74 Å². The van der Waals surface area contributed by atoms with Crippen molar-refractivity contribution in [2.45, 2.75) is 37.3 Å². The van der Waals surface area contributed by atoms with Gasteiger partial charge >= 0.3 is 5.97 Å². The number of phenolic OH excluding ortho intramolecular Hbond substituents is 1. The third-order valence-electron chi connectivity index (χ3n) is 3.76. The van der Waals surface area contributed by atoms with Crippen LogP contribution in [0.25, 0.3) is 0 Å². The van der Waals surface area contributed by atoms with E-state index < -0.39 is 37.0 Å². The molecule has 4 atom stereocenters. The summed E-state index contributed by atoms with van der Waals surface area (Å²) in [6, 6.07) is 4.62. The highest BCUT2D eigenvalue weighted by Gasteiger charge is 2.37. The Kier molecular flexibility index (Phi) is 5.36. The second-order valence-corrected chi connectivity index (χ2v) is 5.29. The summed E-state index contributed by atoms with van der Waals surface area (Å²) in [5.41, 5.74) is 1.02. The molecule has 2 rings (SSSR count). The first-order valence-electron chi connectivity index (χ1n) is 6.97. The van der Waals surface area contributed by atoms with E-state index in [9.17, 15) is 25.2 Å². The maximum absolute atomic E-state index is 11.3. The van der Waals surface area contributed by atoms with Crippen LogP contribution in [0.4, 0.5) is 0 Å². The SMILES string of the molecule is COC(=O)Cc1ccc(O)c(C2C[C@@H](O)C(O)C(CO)O2)c1. The van der Waals surface area contributed by atoms with Gasteiger partial charge in [-0.25, -0.2) is 0 Å². The maximum Gasteiger partial charge on any atom is 0.309 e. The van der Waals surface area contributed by atoms with Crippen LogP contribution in [0.5, 0.6) is 5.75 Å². The van der Waals surface area contributed by atoms with Crippen molar-refractivity contribution in [2.75, 3.05) is 13.7 Å². The van der Waals surface area contributed by atoms with Gasteiger partial charge in [-0.15, -0.1) is 0 Å². The average Bonchev–Trinajstić information content (AvgIpc) is 2.51. The summed E-state index contributed by atoms with van der Waals surface area (Å²) in [6.07, 6.45) is -3.75. The fourth-order valence-electron chi connectivity index (χ4n) is 2.52. The summed E-state index contributed by atoms with van der Waals surface area (Å²) in [5.74, 6) is -0.455. The number of aliphatic hydroxyl groups excluding tert-OH is 3. The smallest absolute Gasteiger partial charge is 0.309 e. The fourth-order valence-corrected chi connectivity index (χ4v) is 2.52. The number of ether oxygens (including phenoxy) is 2. The van der Waals surface area contributed by atoms with E-state index in [0.29, 0.717) is 11.1 Å². The Labute approximate surface area is 127 Å². The second kappa shape index (κ2) is 7.06. The van der Waals surface area contributed by atoms with Crippen molar-refractivity contribution in [2.24, 2.45) is 0 Å². The summed E-state index contributed by atoms with van der Waals surface area (Å²) >= 11 is 0. The van der Waals surface area contributed by atoms with Crippen LogP contribution in [0.3, 0.4) is 0 Å². The predicted octanol–water partition coefficient (Wildman–Crippen LogP) is -0.348. The van der Waals surface area contributed by atoms with Crippen molar-refractivity contribution in [3.05, 3.63) is 29.3 Å². The first-order chi connectivity index (χ1) is 10.5. The largest absolute Gasteiger partial charge is 0.508 e. The molecule has 1 aliphatic heterocycles. The number of methoxy groups -OCH3 is 1. The Hall–Kier alpha value is -1.67. The van der Waals surface area contributed by atoms with E-state index in [4.69, 9.17) is 4.74 Å². The predicted molar refractivity (Wildman–Crippen MR) is 75.2 cm³/mol. The lowest BCUT2D eigenvalue weighted by molar-refractivity contribution is -0.181. The van der Waals surface area contributed by atoms with Gasteiger partial charge in [-0.05, 0) is 17.7 Å². The molecular weight excluding hydrogens is 292 g/mol. The summed E-state index contributed by atoms with van der Waals surface area (Å²) in [7, 11) is 1.29. The molecule has 7 nitrogen and oxygen atoms in total. The van der Waals surface area contributed by atoms with Crippen LogP contribution in [0.2, 0.25) is 0 Å². The molecule has 0 aromatic heterocycles. The minimum Gasteiger partial charge on any atom is -0.508 e. The van der Waals surface area contributed by atoms with E-state index >= 15 is 0 Å². The number of carbonyl (C=O) groups is 1. The van der Waals surface area contributed by atoms with Crippen molar-refractivity contribution in [3.63, 3.8) is 0 Å². The van der Waals surface area contributed by atoms with Crippen molar-refractivity contribution < 1.29 is 34.7 Å². The molecule has 1 saturated heterocycles. The minimum absolute atomic E-state index is 0.0427. The molecular formula is C15H20O7. The van der Waals surface area contributed by atoms with Gasteiger partial charge < -0.3 is 29.9 Å². The van der Waals surface area contributed by atoms with Gasteiger partial charge in [0.05, 0.1) is 32.3 Å². The monoisotopic (exact) mass is 312 g/mol. The van der Waals surface area contributed by atoms with Gasteiger partial charge in [0.25, 0.3) is 0 Å². The molecule has 0 radical (unpaired) electrons. The Balaban J connectivity index is 2.23. The van der Waals surface area contributed by atoms with Gasteiger partial charge in [-0.1, -0.05) is 6.07 Å². The molecule has 7 heteroatoms. The highest BCUT2D eigenvalue weighted by atomic mass is 16.5. The normalized spacial score (nSPS) is 28.4. The van der Waals surface area contributed by atoms with E-state index in [0.717, 1.165) is 0 Å². The van der Waals surface area contributed by atoms with Crippen molar-refractivity contribution in [3.8, 4) is 5.75 Å². The summed E-state index contributed by atoms with van der Waals surface area (Å²) in [6.45, 7) is -0.447. The van der Waals surface area contributed by atoms with Gasteiger partial charge in [-0.2, -0.15) is 0 Å². The van der Waals surface area contributed by atoms with Crippen LogP contribution in [-0.2, 0) is 20.7 Å². The summed E-state index contributed by atoms with van der Waals surface area (Å²) in [5, 5.41) is 38.8. The zero-order valence-corrected chi connectivity index (χ0v) is 12.2. The molecule has 1 aliphatic rings. The number of hydrogen-bond donors (Lipinski definition) is 4. The molecule has 0 spiro atoms. The fraction of sp³-hybridized carbons (Fsp3) is 0.533. The zero-order chi connectivity index (χ0) is 16.3. The Morgan fingerprint density at radius 3 is 2.77 bits per heavy atom. The Bertz CT molecular complexity index is 531. The number of aromatic hydroxyl groups is 1. The molecule has 1 aromatic carbocycles. The van der Waals surface area contributed by atoms with Crippen LogP contribution in [-0.4, -0.2) is 58.4 Å². The van der Waals surface area contributed by atoms with Gasteiger partial charge in [0.1, 0.15) is 18.0 Å². The molecule has 1 fully saturated rings. The van der Waals surface area contributed by atoms with Gasteiger partial charge in [-0.3, -0.25) is 4.79 Å². The average molecular weight is 312 g/mol. The molecule has 1 heterocycles. The lowest BCUT2D eigenvalue weighted by Crippen LogP contribution is -2.47. The number of hydrogen-bond acceptors (Lipinski definition) is 7. The maximum atomic E-state index is 11.3. The molecule has 22 heavy (non-hydrogen) atoms. The first-order valence-corrected chi connectivity index (χ1v) is 6.97. The highest BCUT2D eigenvalue weighted by Crippen LogP contribution is 2.36. The molecule has 122 valence electrons. The third kappa shape index (κ3) is 3.56.